The van der Waals surface area contributed by atoms with Crippen LogP contribution in [0.3, 0.4) is 0 Å². The van der Waals surface area contributed by atoms with Crippen molar-refractivity contribution in [2.75, 3.05) is 0 Å². The van der Waals surface area contributed by atoms with Crippen molar-refractivity contribution in [2.45, 2.75) is 52.6 Å². The fraction of sp³-hybridized carbons (Fsp3) is 0.409. The van der Waals surface area contributed by atoms with Crippen LogP contribution >= 0.6 is 12.2 Å². The molecule has 0 aromatic heterocycles. The number of hydrogen-bond donors (Lipinski definition) is 4. The predicted molar refractivity (Wildman–Crippen MR) is 121 cm³/mol. The smallest absolute Gasteiger partial charge is 0.261 e. The van der Waals surface area contributed by atoms with Crippen LogP contribution < -0.4 is 21.5 Å². The van der Waals surface area contributed by atoms with Gasteiger partial charge in [-0.05, 0) is 55.2 Å². The van der Waals surface area contributed by atoms with Gasteiger partial charge < -0.3 is 10.6 Å². The average Bonchev–Trinajstić information content (AvgIpc) is 2.63. The molecule has 0 spiro atoms. The van der Waals surface area contributed by atoms with Crippen molar-refractivity contribution in [3.8, 4) is 0 Å². The molecule has 7 heteroatoms. The van der Waals surface area contributed by atoms with Crippen molar-refractivity contribution in [3.05, 3.63) is 48.0 Å². The Morgan fingerprint density at radius 3 is 2.31 bits per heavy atom. The van der Waals surface area contributed by atoms with E-state index in [9.17, 15) is 9.59 Å². The Kier molecular flexibility index (Phi) is 7.56. The molecule has 2 amide bonds. The number of amides is 2. The first-order valence-electron chi connectivity index (χ1n) is 9.71. The van der Waals surface area contributed by atoms with Gasteiger partial charge in [0, 0.05) is 5.54 Å². The normalized spacial score (nSPS) is 12.3. The Morgan fingerprint density at radius 1 is 1.00 bits per heavy atom. The summed E-state index contributed by atoms with van der Waals surface area (Å²) in [5.74, 6) is -0.632. The van der Waals surface area contributed by atoms with Gasteiger partial charge in [0.15, 0.2) is 5.11 Å². The molecule has 1 atom stereocenters. The van der Waals surface area contributed by atoms with E-state index in [4.69, 9.17) is 12.2 Å². The molecule has 4 N–H and O–H groups in total. The van der Waals surface area contributed by atoms with Gasteiger partial charge in [-0.1, -0.05) is 56.3 Å². The van der Waals surface area contributed by atoms with E-state index in [1.54, 1.807) is 0 Å². The van der Waals surface area contributed by atoms with Crippen LogP contribution in [-0.4, -0.2) is 28.5 Å². The highest BCUT2D eigenvalue weighted by Gasteiger charge is 2.24. The molecule has 29 heavy (non-hydrogen) atoms. The third-order valence-electron chi connectivity index (χ3n) is 4.28. The molecule has 2 rings (SSSR count). The molecule has 0 radical (unpaired) electrons. The minimum Gasteiger partial charge on any atom is -0.357 e. The Hall–Kier alpha value is -2.67. The van der Waals surface area contributed by atoms with Gasteiger partial charge in [0.05, 0.1) is 6.42 Å². The maximum atomic E-state index is 12.7. The van der Waals surface area contributed by atoms with Gasteiger partial charge in [-0.3, -0.25) is 20.4 Å². The van der Waals surface area contributed by atoms with Crippen LogP contribution in [-0.2, 0) is 16.0 Å². The summed E-state index contributed by atoms with van der Waals surface area (Å²) < 4.78 is 0. The molecule has 0 heterocycles. The molecule has 2 aromatic rings. The Morgan fingerprint density at radius 2 is 1.66 bits per heavy atom. The molecular weight excluding hydrogens is 384 g/mol. The van der Waals surface area contributed by atoms with E-state index in [1.807, 2.05) is 77.1 Å². The van der Waals surface area contributed by atoms with Gasteiger partial charge in [0.2, 0.25) is 5.91 Å². The van der Waals surface area contributed by atoms with E-state index < -0.39 is 6.04 Å². The fourth-order valence-electron chi connectivity index (χ4n) is 2.95. The molecule has 0 bridgehead atoms. The van der Waals surface area contributed by atoms with E-state index in [2.05, 4.69) is 21.5 Å². The second-order valence-electron chi connectivity index (χ2n) is 8.42. The molecule has 0 aliphatic carbocycles. The number of hydrazine groups is 1. The Balaban J connectivity index is 1.99. The summed E-state index contributed by atoms with van der Waals surface area (Å²) in [6.45, 7) is 9.66. The number of carbonyl (C=O) groups excluding carboxylic acids is 2. The van der Waals surface area contributed by atoms with Gasteiger partial charge in [-0.15, -0.1) is 0 Å². The van der Waals surface area contributed by atoms with E-state index in [0.29, 0.717) is 5.11 Å². The van der Waals surface area contributed by atoms with Crippen molar-refractivity contribution in [2.24, 2.45) is 5.92 Å². The van der Waals surface area contributed by atoms with Crippen LogP contribution in [0.2, 0.25) is 0 Å². The Bertz CT molecular complexity index is 885. The maximum Gasteiger partial charge on any atom is 0.261 e. The lowest BCUT2D eigenvalue weighted by Gasteiger charge is -2.25. The number of hydrogen-bond acceptors (Lipinski definition) is 3. The zero-order valence-electron chi connectivity index (χ0n) is 17.6. The van der Waals surface area contributed by atoms with Gasteiger partial charge in [-0.2, -0.15) is 0 Å². The molecule has 0 fully saturated rings. The largest absolute Gasteiger partial charge is 0.357 e. The first-order chi connectivity index (χ1) is 13.6. The number of carbonyl (C=O) groups is 2. The van der Waals surface area contributed by atoms with Crippen LogP contribution in [0, 0.1) is 5.92 Å². The van der Waals surface area contributed by atoms with Crippen molar-refractivity contribution in [1.29, 1.82) is 0 Å². The van der Waals surface area contributed by atoms with Crippen molar-refractivity contribution in [1.82, 2.24) is 21.5 Å². The lowest BCUT2D eigenvalue weighted by molar-refractivity contribution is -0.130. The number of thiocarbonyl (C=S) groups is 1. The first-order valence-corrected chi connectivity index (χ1v) is 10.1. The third-order valence-corrected chi connectivity index (χ3v) is 4.49. The van der Waals surface area contributed by atoms with Crippen LogP contribution in [0.4, 0.5) is 0 Å². The van der Waals surface area contributed by atoms with Gasteiger partial charge in [-0.25, -0.2) is 0 Å². The number of fused-ring (bicyclic) bond motifs is 1. The molecule has 2 aromatic carbocycles. The van der Waals surface area contributed by atoms with Crippen LogP contribution in [0.15, 0.2) is 42.5 Å². The molecule has 0 saturated heterocycles. The highest BCUT2D eigenvalue weighted by atomic mass is 32.1. The summed E-state index contributed by atoms with van der Waals surface area (Å²) in [5, 5.41) is 8.33. The summed E-state index contributed by atoms with van der Waals surface area (Å²) in [7, 11) is 0. The van der Waals surface area contributed by atoms with E-state index in [0.717, 1.165) is 16.3 Å². The SMILES string of the molecule is CC(C)[C@H](NC(=O)Cc1cccc2ccccc12)C(=O)NNC(=S)NC(C)(C)C. The third kappa shape index (κ3) is 7.02. The molecule has 156 valence electrons. The van der Waals surface area contributed by atoms with E-state index >= 15 is 0 Å². The van der Waals surface area contributed by atoms with Crippen LogP contribution in [0.5, 0.6) is 0 Å². The molecule has 0 aliphatic heterocycles. The summed E-state index contributed by atoms with van der Waals surface area (Å²) in [5.41, 5.74) is 5.97. The maximum absolute atomic E-state index is 12.7. The van der Waals surface area contributed by atoms with E-state index in [1.165, 1.54) is 0 Å². The lowest BCUT2D eigenvalue weighted by atomic mass is 10.0. The molecular formula is C22H30N4O2S. The summed E-state index contributed by atoms with van der Waals surface area (Å²) in [6.07, 6.45) is 0.204. The second-order valence-corrected chi connectivity index (χ2v) is 8.83. The molecule has 0 saturated carbocycles. The molecule has 0 unspecified atom stereocenters. The van der Waals surface area contributed by atoms with Gasteiger partial charge in [0.1, 0.15) is 6.04 Å². The average molecular weight is 415 g/mol. The topological polar surface area (TPSA) is 82.3 Å². The number of nitrogens with one attached hydrogen (secondary N) is 4. The van der Waals surface area contributed by atoms with E-state index in [-0.39, 0.29) is 29.7 Å². The highest BCUT2D eigenvalue weighted by Crippen LogP contribution is 2.19. The standard InChI is InChI=1S/C22H30N4O2S/c1-14(2)19(20(28)25-26-21(29)24-22(3,4)5)23-18(27)13-16-11-8-10-15-9-6-7-12-17(15)16/h6-12,14,19H,13H2,1-5H3,(H,23,27)(H,25,28)(H2,24,26,29)/t19-/m0/s1. The predicted octanol–water partition coefficient (Wildman–Crippen LogP) is 2.82. The van der Waals surface area contributed by atoms with Crippen molar-refractivity contribution < 1.29 is 9.59 Å². The summed E-state index contributed by atoms with van der Waals surface area (Å²) in [6, 6.07) is 13.1. The van der Waals surface area contributed by atoms with Crippen molar-refractivity contribution >= 4 is 39.9 Å². The van der Waals surface area contributed by atoms with Gasteiger partial charge in [0.25, 0.3) is 5.91 Å². The zero-order chi connectivity index (χ0) is 21.6. The minimum absolute atomic E-state index is 0.0857. The highest BCUT2D eigenvalue weighted by molar-refractivity contribution is 7.80. The molecule has 6 nitrogen and oxygen atoms in total. The van der Waals surface area contributed by atoms with Crippen LogP contribution in [0.1, 0.15) is 40.2 Å². The first kappa shape index (κ1) is 22.6. The zero-order valence-corrected chi connectivity index (χ0v) is 18.4. The van der Waals surface area contributed by atoms with Gasteiger partial charge >= 0.3 is 0 Å². The second kappa shape index (κ2) is 9.69. The van der Waals surface area contributed by atoms with Crippen LogP contribution in [0.25, 0.3) is 10.8 Å². The molecule has 0 aliphatic rings. The number of rotatable bonds is 5. The lowest BCUT2D eigenvalue weighted by Crippen LogP contribution is -2.57. The monoisotopic (exact) mass is 414 g/mol. The quantitative estimate of drug-likeness (QED) is 0.447. The van der Waals surface area contributed by atoms with Crippen molar-refractivity contribution in [3.63, 3.8) is 0 Å². The fourth-order valence-corrected chi connectivity index (χ4v) is 3.30. The summed E-state index contributed by atoms with van der Waals surface area (Å²) in [4.78, 5) is 25.2. The summed E-state index contributed by atoms with van der Waals surface area (Å²) >= 11 is 5.17. The Labute approximate surface area is 177 Å². The minimum atomic E-state index is -0.678. The number of benzene rings is 2.